The first-order chi connectivity index (χ1) is 13.7. The van der Waals surface area contributed by atoms with Crippen molar-refractivity contribution in [3.8, 4) is 0 Å². The molecule has 0 radical (unpaired) electrons. The minimum atomic E-state index is -0.733. The molecular weight excluding hydrogens is 400 g/mol. The third-order valence-electron chi connectivity index (χ3n) is 3.29. The SMILES string of the molecule is CC.COC(=O)CNC(=O)CNC(=O)CNC(=O)C(CCSC)NC(=O)C(C)C. The molecule has 0 aromatic rings. The van der Waals surface area contributed by atoms with Gasteiger partial charge in [-0.05, 0) is 18.4 Å². The fraction of sp³-hybridized carbons (Fsp3) is 0.722. The molecule has 0 aromatic carbocycles. The molecule has 0 saturated carbocycles. The predicted molar refractivity (Wildman–Crippen MR) is 112 cm³/mol. The highest BCUT2D eigenvalue weighted by Crippen LogP contribution is 2.03. The summed E-state index contributed by atoms with van der Waals surface area (Å²) in [5.74, 6) is -2.06. The second-order valence-electron chi connectivity index (χ2n) is 5.84. The lowest BCUT2D eigenvalue weighted by Gasteiger charge is -2.19. The van der Waals surface area contributed by atoms with Crippen molar-refractivity contribution in [3.05, 3.63) is 0 Å². The molecule has 0 spiro atoms. The Morgan fingerprint density at radius 1 is 0.862 bits per heavy atom. The molecule has 1 atom stereocenters. The summed E-state index contributed by atoms with van der Waals surface area (Å²) in [4.78, 5) is 58.1. The van der Waals surface area contributed by atoms with Crippen LogP contribution in [-0.2, 0) is 28.7 Å². The summed E-state index contributed by atoms with van der Waals surface area (Å²) >= 11 is 1.54. The third kappa shape index (κ3) is 15.3. The molecule has 0 saturated heterocycles. The van der Waals surface area contributed by atoms with Gasteiger partial charge >= 0.3 is 5.97 Å². The van der Waals surface area contributed by atoms with Crippen LogP contribution >= 0.6 is 11.8 Å². The van der Waals surface area contributed by atoms with Gasteiger partial charge in [-0.2, -0.15) is 11.8 Å². The van der Waals surface area contributed by atoms with E-state index in [9.17, 15) is 24.0 Å². The number of carbonyl (C=O) groups excluding carboxylic acids is 5. The van der Waals surface area contributed by atoms with Gasteiger partial charge < -0.3 is 26.0 Å². The standard InChI is InChI=1S/C16H28N4O6S.C2H6/c1-10(2)15(24)20-11(5-6-27-4)16(25)19-8-13(22)17-7-12(21)18-9-14(23)26-3;1-2/h10-11H,5-9H2,1-4H3,(H,17,22)(H,18,21)(H,19,25)(H,20,24);1-2H3. The zero-order valence-corrected chi connectivity index (χ0v) is 18.9. The molecule has 168 valence electrons. The van der Waals surface area contributed by atoms with Crippen molar-refractivity contribution in [2.24, 2.45) is 5.92 Å². The molecule has 0 aliphatic heterocycles. The fourth-order valence-corrected chi connectivity index (χ4v) is 2.15. The number of hydrogen-bond acceptors (Lipinski definition) is 7. The smallest absolute Gasteiger partial charge is 0.325 e. The highest BCUT2D eigenvalue weighted by atomic mass is 32.2. The normalized spacial score (nSPS) is 10.7. The predicted octanol–water partition coefficient (Wildman–Crippen LogP) is -0.572. The van der Waals surface area contributed by atoms with E-state index >= 15 is 0 Å². The maximum absolute atomic E-state index is 12.2. The Morgan fingerprint density at radius 3 is 1.86 bits per heavy atom. The van der Waals surface area contributed by atoms with Gasteiger partial charge in [0.25, 0.3) is 0 Å². The van der Waals surface area contributed by atoms with Crippen LogP contribution in [0.1, 0.15) is 34.1 Å². The largest absolute Gasteiger partial charge is 0.468 e. The maximum Gasteiger partial charge on any atom is 0.325 e. The number of amides is 4. The van der Waals surface area contributed by atoms with E-state index in [0.717, 1.165) is 0 Å². The van der Waals surface area contributed by atoms with Crippen molar-refractivity contribution in [1.29, 1.82) is 0 Å². The van der Waals surface area contributed by atoms with E-state index in [1.165, 1.54) is 18.9 Å². The molecule has 1 unspecified atom stereocenters. The quantitative estimate of drug-likeness (QED) is 0.301. The lowest BCUT2D eigenvalue weighted by Crippen LogP contribution is -2.50. The van der Waals surface area contributed by atoms with E-state index in [4.69, 9.17) is 0 Å². The van der Waals surface area contributed by atoms with Gasteiger partial charge in [0.2, 0.25) is 23.6 Å². The molecular formula is C18H34N4O6S. The van der Waals surface area contributed by atoms with Gasteiger partial charge in [-0.25, -0.2) is 0 Å². The number of hydrogen-bond donors (Lipinski definition) is 4. The summed E-state index contributed by atoms with van der Waals surface area (Å²) in [5.41, 5.74) is 0. The molecule has 11 heteroatoms. The van der Waals surface area contributed by atoms with Gasteiger partial charge in [0.05, 0.1) is 20.2 Å². The van der Waals surface area contributed by atoms with Crippen LogP contribution in [0, 0.1) is 5.92 Å². The summed E-state index contributed by atoms with van der Waals surface area (Å²) in [6.45, 7) is 6.46. The summed E-state index contributed by atoms with van der Waals surface area (Å²) in [6.07, 6.45) is 2.32. The van der Waals surface area contributed by atoms with E-state index in [1.807, 2.05) is 20.1 Å². The minimum Gasteiger partial charge on any atom is -0.468 e. The number of carbonyl (C=O) groups is 5. The average molecular weight is 435 g/mol. The molecule has 29 heavy (non-hydrogen) atoms. The van der Waals surface area contributed by atoms with Gasteiger partial charge in [0, 0.05) is 5.92 Å². The molecule has 10 nitrogen and oxygen atoms in total. The van der Waals surface area contributed by atoms with Gasteiger partial charge in [-0.1, -0.05) is 27.7 Å². The summed E-state index contributed by atoms with van der Waals surface area (Å²) in [7, 11) is 1.19. The Hall–Kier alpha value is -2.30. The maximum atomic E-state index is 12.2. The van der Waals surface area contributed by atoms with E-state index in [-0.39, 0.29) is 31.5 Å². The second kappa shape index (κ2) is 17.8. The second-order valence-corrected chi connectivity index (χ2v) is 6.83. The summed E-state index contributed by atoms with van der Waals surface area (Å²) < 4.78 is 4.36. The number of thioether (sulfide) groups is 1. The fourth-order valence-electron chi connectivity index (χ4n) is 1.68. The molecule has 4 amide bonds. The first-order valence-electron chi connectivity index (χ1n) is 9.38. The molecule has 0 fully saturated rings. The first kappa shape index (κ1) is 28.9. The van der Waals surface area contributed by atoms with E-state index in [0.29, 0.717) is 12.2 Å². The average Bonchev–Trinajstić information content (AvgIpc) is 2.72. The van der Waals surface area contributed by atoms with Gasteiger partial charge in [-0.15, -0.1) is 0 Å². The zero-order valence-electron chi connectivity index (χ0n) is 18.0. The van der Waals surface area contributed by atoms with Crippen LogP contribution in [0.15, 0.2) is 0 Å². The summed E-state index contributed by atoms with van der Waals surface area (Å²) in [6, 6.07) is -0.733. The molecule has 4 N–H and O–H groups in total. The monoisotopic (exact) mass is 434 g/mol. The minimum absolute atomic E-state index is 0.247. The third-order valence-corrected chi connectivity index (χ3v) is 3.94. The summed E-state index contributed by atoms with van der Waals surface area (Å²) in [5, 5.41) is 9.67. The Morgan fingerprint density at radius 2 is 1.38 bits per heavy atom. The van der Waals surface area contributed by atoms with Crippen molar-refractivity contribution in [1.82, 2.24) is 21.3 Å². The van der Waals surface area contributed by atoms with Crippen LogP contribution in [0.5, 0.6) is 0 Å². The lowest BCUT2D eigenvalue weighted by molar-refractivity contribution is -0.141. The molecule has 0 rings (SSSR count). The molecule has 0 aliphatic rings. The molecule has 0 aliphatic carbocycles. The zero-order chi connectivity index (χ0) is 22.8. The highest BCUT2D eigenvalue weighted by Gasteiger charge is 2.22. The Kier molecular flexibility index (Phi) is 17.7. The lowest BCUT2D eigenvalue weighted by atomic mass is 10.1. The van der Waals surface area contributed by atoms with Crippen molar-refractivity contribution >= 4 is 41.4 Å². The van der Waals surface area contributed by atoms with Crippen LogP contribution in [0.4, 0.5) is 0 Å². The van der Waals surface area contributed by atoms with E-state index in [2.05, 4.69) is 26.0 Å². The Balaban J connectivity index is 0. The van der Waals surface area contributed by atoms with Crippen molar-refractivity contribution in [2.75, 3.05) is 38.8 Å². The van der Waals surface area contributed by atoms with Crippen LogP contribution in [0.25, 0.3) is 0 Å². The Labute approximate surface area is 176 Å². The van der Waals surface area contributed by atoms with Crippen LogP contribution < -0.4 is 21.3 Å². The van der Waals surface area contributed by atoms with Crippen LogP contribution in [-0.4, -0.2) is 74.4 Å². The van der Waals surface area contributed by atoms with Crippen LogP contribution in [0.3, 0.4) is 0 Å². The molecule has 0 heterocycles. The first-order valence-corrected chi connectivity index (χ1v) is 10.8. The number of esters is 1. The van der Waals surface area contributed by atoms with E-state index < -0.39 is 29.7 Å². The highest BCUT2D eigenvalue weighted by molar-refractivity contribution is 7.98. The number of rotatable bonds is 12. The molecule has 0 bridgehead atoms. The number of ether oxygens (including phenoxy) is 1. The van der Waals surface area contributed by atoms with Gasteiger partial charge in [0.1, 0.15) is 12.6 Å². The van der Waals surface area contributed by atoms with Gasteiger partial charge in [0.15, 0.2) is 0 Å². The van der Waals surface area contributed by atoms with Crippen molar-refractivity contribution in [3.63, 3.8) is 0 Å². The Bertz CT molecular complexity index is 542. The molecule has 0 aromatic heterocycles. The number of nitrogens with one attached hydrogen (secondary N) is 4. The van der Waals surface area contributed by atoms with E-state index in [1.54, 1.807) is 13.8 Å². The number of methoxy groups -OCH3 is 1. The van der Waals surface area contributed by atoms with Gasteiger partial charge in [-0.3, -0.25) is 24.0 Å². The van der Waals surface area contributed by atoms with Crippen LogP contribution in [0.2, 0.25) is 0 Å². The topological polar surface area (TPSA) is 143 Å². The van der Waals surface area contributed by atoms with Crippen molar-refractivity contribution < 1.29 is 28.7 Å². The van der Waals surface area contributed by atoms with Crippen molar-refractivity contribution in [2.45, 2.75) is 40.2 Å².